The Bertz CT molecular complexity index is 254. The van der Waals surface area contributed by atoms with Gasteiger partial charge >= 0.3 is 5.97 Å². The summed E-state index contributed by atoms with van der Waals surface area (Å²) in [7, 11) is 1.53. The van der Waals surface area contributed by atoms with Crippen LogP contribution in [0.3, 0.4) is 0 Å². The molecule has 5 heteroatoms. The maximum absolute atomic E-state index is 11.8. The Labute approximate surface area is 89.0 Å². The smallest absolute Gasteiger partial charge is 0.326 e. The third-order valence-electron chi connectivity index (χ3n) is 2.66. The molecule has 0 spiro atoms. The highest BCUT2D eigenvalue weighted by atomic mass is 16.5. The number of carboxylic acids is 1. The van der Waals surface area contributed by atoms with Crippen LogP contribution >= 0.6 is 0 Å². The second-order valence-corrected chi connectivity index (χ2v) is 3.88. The Morgan fingerprint density at radius 2 is 2.27 bits per heavy atom. The lowest BCUT2D eigenvalue weighted by Gasteiger charge is -2.24. The fourth-order valence-corrected chi connectivity index (χ4v) is 1.89. The SMILES string of the molecule is COCC(C)C(=O)N1CCCC1C(=O)O. The highest BCUT2D eigenvalue weighted by Crippen LogP contribution is 2.19. The summed E-state index contributed by atoms with van der Waals surface area (Å²) < 4.78 is 4.89. The molecule has 0 aromatic rings. The first-order chi connectivity index (χ1) is 7.07. The summed E-state index contributed by atoms with van der Waals surface area (Å²) in [5, 5.41) is 8.92. The number of aliphatic carboxylic acids is 1. The number of methoxy groups -OCH3 is 1. The largest absolute Gasteiger partial charge is 0.480 e. The molecule has 0 aromatic carbocycles. The lowest BCUT2D eigenvalue weighted by Crippen LogP contribution is -2.43. The van der Waals surface area contributed by atoms with E-state index in [1.807, 2.05) is 0 Å². The van der Waals surface area contributed by atoms with Gasteiger partial charge < -0.3 is 14.7 Å². The Balaban J connectivity index is 2.62. The van der Waals surface area contributed by atoms with E-state index in [4.69, 9.17) is 9.84 Å². The number of ether oxygens (including phenoxy) is 1. The Kier molecular flexibility index (Phi) is 4.08. The molecule has 1 aliphatic heterocycles. The van der Waals surface area contributed by atoms with Crippen LogP contribution in [-0.2, 0) is 14.3 Å². The summed E-state index contributed by atoms with van der Waals surface area (Å²) >= 11 is 0. The molecular formula is C10H17NO4. The van der Waals surface area contributed by atoms with E-state index in [1.165, 1.54) is 12.0 Å². The van der Waals surface area contributed by atoms with Crippen LogP contribution in [0.4, 0.5) is 0 Å². The zero-order valence-electron chi connectivity index (χ0n) is 9.10. The summed E-state index contributed by atoms with van der Waals surface area (Å²) in [6, 6.07) is -0.642. The molecule has 0 aliphatic carbocycles. The molecule has 1 saturated heterocycles. The van der Waals surface area contributed by atoms with Crippen molar-refractivity contribution in [2.75, 3.05) is 20.3 Å². The minimum absolute atomic E-state index is 0.123. The summed E-state index contributed by atoms with van der Waals surface area (Å²) in [4.78, 5) is 24.2. The van der Waals surface area contributed by atoms with Crippen molar-refractivity contribution in [1.82, 2.24) is 4.90 Å². The van der Waals surface area contributed by atoms with Gasteiger partial charge in [0.05, 0.1) is 12.5 Å². The van der Waals surface area contributed by atoms with Crippen molar-refractivity contribution in [3.05, 3.63) is 0 Å². The molecule has 2 unspecified atom stereocenters. The number of carbonyl (C=O) groups is 2. The lowest BCUT2D eigenvalue weighted by atomic mass is 10.1. The second-order valence-electron chi connectivity index (χ2n) is 3.88. The fourth-order valence-electron chi connectivity index (χ4n) is 1.89. The number of hydrogen-bond acceptors (Lipinski definition) is 3. The molecule has 1 aliphatic rings. The van der Waals surface area contributed by atoms with E-state index < -0.39 is 12.0 Å². The van der Waals surface area contributed by atoms with Crippen molar-refractivity contribution >= 4 is 11.9 Å². The van der Waals surface area contributed by atoms with E-state index in [0.29, 0.717) is 19.6 Å². The lowest BCUT2D eigenvalue weighted by molar-refractivity contribution is -0.150. The number of likely N-dealkylation sites (tertiary alicyclic amines) is 1. The van der Waals surface area contributed by atoms with Gasteiger partial charge in [-0.05, 0) is 12.8 Å². The molecule has 0 aromatic heterocycles. The number of hydrogen-bond donors (Lipinski definition) is 1. The van der Waals surface area contributed by atoms with E-state index in [1.54, 1.807) is 6.92 Å². The maximum Gasteiger partial charge on any atom is 0.326 e. The molecule has 1 N–H and O–H groups in total. The number of carboxylic acid groups (broad SMARTS) is 1. The molecule has 0 radical (unpaired) electrons. The van der Waals surface area contributed by atoms with Gasteiger partial charge in [0.15, 0.2) is 0 Å². The van der Waals surface area contributed by atoms with Crippen LogP contribution in [0.1, 0.15) is 19.8 Å². The van der Waals surface area contributed by atoms with Crippen molar-refractivity contribution in [2.45, 2.75) is 25.8 Å². The highest BCUT2D eigenvalue weighted by Gasteiger charge is 2.35. The van der Waals surface area contributed by atoms with Gasteiger partial charge in [0, 0.05) is 13.7 Å². The first-order valence-corrected chi connectivity index (χ1v) is 5.10. The third-order valence-corrected chi connectivity index (χ3v) is 2.66. The Morgan fingerprint density at radius 1 is 1.60 bits per heavy atom. The van der Waals surface area contributed by atoms with Crippen LogP contribution in [0, 0.1) is 5.92 Å². The molecule has 0 bridgehead atoms. The zero-order valence-corrected chi connectivity index (χ0v) is 9.10. The van der Waals surface area contributed by atoms with Gasteiger partial charge in [-0.2, -0.15) is 0 Å². The van der Waals surface area contributed by atoms with Gasteiger partial charge in [-0.25, -0.2) is 4.79 Å². The second kappa shape index (κ2) is 5.11. The number of nitrogens with zero attached hydrogens (tertiary/aromatic N) is 1. The molecule has 1 amide bonds. The normalized spacial score (nSPS) is 22.8. The molecule has 2 atom stereocenters. The average Bonchev–Trinajstić information content (AvgIpc) is 2.65. The Morgan fingerprint density at radius 3 is 2.80 bits per heavy atom. The van der Waals surface area contributed by atoms with Gasteiger partial charge in [-0.3, -0.25) is 4.79 Å². The molecular weight excluding hydrogens is 198 g/mol. The predicted molar refractivity (Wildman–Crippen MR) is 53.4 cm³/mol. The summed E-state index contributed by atoms with van der Waals surface area (Å²) in [5.74, 6) is -1.30. The number of carbonyl (C=O) groups excluding carboxylic acids is 1. The summed E-state index contributed by atoms with van der Waals surface area (Å²) in [6.45, 7) is 2.63. The fraction of sp³-hybridized carbons (Fsp3) is 0.800. The standard InChI is InChI=1S/C10H17NO4/c1-7(6-15-2)9(12)11-5-3-4-8(11)10(13)14/h7-8H,3-6H2,1-2H3,(H,13,14). The van der Waals surface area contributed by atoms with Gasteiger partial charge in [0.1, 0.15) is 6.04 Å². The van der Waals surface area contributed by atoms with Crippen LogP contribution in [0.5, 0.6) is 0 Å². The summed E-state index contributed by atoms with van der Waals surface area (Å²) in [5.41, 5.74) is 0. The molecule has 1 heterocycles. The quantitative estimate of drug-likeness (QED) is 0.734. The Hall–Kier alpha value is -1.10. The third kappa shape index (κ3) is 2.68. The van der Waals surface area contributed by atoms with E-state index in [9.17, 15) is 9.59 Å². The van der Waals surface area contributed by atoms with E-state index in [2.05, 4.69) is 0 Å². The predicted octanol–water partition coefficient (Wildman–Crippen LogP) is 0.344. The van der Waals surface area contributed by atoms with Gasteiger partial charge in [-0.15, -0.1) is 0 Å². The molecule has 5 nitrogen and oxygen atoms in total. The average molecular weight is 215 g/mol. The zero-order chi connectivity index (χ0) is 11.4. The van der Waals surface area contributed by atoms with Crippen molar-refractivity contribution in [3.8, 4) is 0 Å². The molecule has 15 heavy (non-hydrogen) atoms. The number of amides is 1. The van der Waals surface area contributed by atoms with E-state index in [0.717, 1.165) is 6.42 Å². The van der Waals surface area contributed by atoms with Crippen LogP contribution in [0.25, 0.3) is 0 Å². The summed E-state index contributed by atoms with van der Waals surface area (Å²) in [6.07, 6.45) is 1.32. The molecule has 1 fully saturated rings. The van der Waals surface area contributed by atoms with E-state index in [-0.39, 0.29) is 11.8 Å². The first-order valence-electron chi connectivity index (χ1n) is 5.10. The molecule has 86 valence electrons. The van der Waals surface area contributed by atoms with Crippen LogP contribution in [-0.4, -0.2) is 48.2 Å². The van der Waals surface area contributed by atoms with Crippen molar-refractivity contribution < 1.29 is 19.4 Å². The highest BCUT2D eigenvalue weighted by molar-refractivity contribution is 5.85. The van der Waals surface area contributed by atoms with Crippen LogP contribution in [0.15, 0.2) is 0 Å². The van der Waals surface area contributed by atoms with E-state index >= 15 is 0 Å². The maximum atomic E-state index is 11.8. The minimum atomic E-state index is -0.912. The van der Waals surface area contributed by atoms with Crippen molar-refractivity contribution in [1.29, 1.82) is 0 Å². The minimum Gasteiger partial charge on any atom is -0.480 e. The van der Waals surface area contributed by atoms with Crippen molar-refractivity contribution in [3.63, 3.8) is 0 Å². The topological polar surface area (TPSA) is 66.8 Å². The van der Waals surface area contributed by atoms with Crippen LogP contribution < -0.4 is 0 Å². The monoisotopic (exact) mass is 215 g/mol. The van der Waals surface area contributed by atoms with Gasteiger partial charge in [0.2, 0.25) is 5.91 Å². The molecule has 0 saturated carbocycles. The van der Waals surface area contributed by atoms with Gasteiger partial charge in [0.25, 0.3) is 0 Å². The van der Waals surface area contributed by atoms with Crippen molar-refractivity contribution in [2.24, 2.45) is 5.92 Å². The number of rotatable bonds is 4. The first kappa shape index (κ1) is 12.0. The molecule has 1 rings (SSSR count). The van der Waals surface area contributed by atoms with Gasteiger partial charge in [-0.1, -0.05) is 6.92 Å². The van der Waals surface area contributed by atoms with Crippen LogP contribution in [0.2, 0.25) is 0 Å².